The molecule has 2 amide bonds. The Balaban J connectivity index is 1.76. The van der Waals surface area contributed by atoms with Gasteiger partial charge in [-0.3, -0.25) is 9.59 Å². The van der Waals surface area contributed by atoms with Crippen LogP contribution in [0.4, 0.5) is 5.69 Å². The van der Waals surface area contributed by atoms with E-state index in [1.165, 1.54) is 11.3 Å². The Morgan fingerprint density at radius 3 is 2.68 bits per heavy atom. The minimum absolute atomic E-state index is 0.0149. The van der Waals surface area contributed by atoms with E-state index in [9.17, 15) is 9.59 Å². The first-order valence-corrected chi connectivity index (χ1v) is 8.86. The number of benzene rings is 1. The summed E-state index contributed by atoms with van der Waals surface area (Å²) in [5, 5.41) is 14.6. The predicted octanol–water partition coefficient (Wildman–Crippen LogP) is 2.18. The first kappa shape index (κ1) is 19.0. The fourth-order valence-electron chi connectivity index (χ4n) is 2.05. The Morgan fingerprint density at radius 2 is 1.96 bits per heavy atom. The van der Waals surface area contributed by atoms with Gasteiger partial charge in [-0.15, -0.1) is 10.2 Å². The predicted molar refractivity (Wildman–Crippen MR) is 96.9 cm³/mol. The van der Waals surface area contributed by atoms with Gasteiger partial charge in [0, 0.05) is 32.2 Å². The highest BCUT2D eigenvalue weighted by atomic mass is 32.1. The van der Waals surface area contributed by atoms with E-state index in [-0.39, 0.29) is 11.8 Å². The van der Waals surface area contributed by atoms with Crippen LogP contribution in [0.15, 0.2) is 24.3 Å². The van der Waals surface area contributed by atoms with Gasteiger partial charge in [0.2, 0.25) is 10.9 Å². The number of nitrogens with one attached hydrogen (secondary N) is 2. The molecular weight excluding hydrogens is 340 g/mol. The molecule has 25 heavy (non-hydrogen) atoms. The Bertz CT molecular complexity index is 700. The lowest BCUT2D eigenvalue weighted by Crippen LogP contribution is -2.26. The zero-order chi connectivity index (χ0) is 18.1. The zero-order valence-corrected chi connectivity index (χ0v) is 15.2. The number of amides is 2. The molecule has 0 atom stereocenters. The van der Waals surface area contributed by atoms with E-state index >= 15 is 0 Å². The minimum Gasteiger partial charge on any atom is -0.383 e. The van der Waals surface area contributed by atoms with E-state index in [0.717, 1.165) is 16.3 Å². The summed E-state index contributed by atoms with van der Waals surface area (Å²) in [7, 11) is 1.59. The van der Waals surface area contributed by atoms with Crippen LogP contribution in [0.5, 0.6) is 0 Å². The van der Waals surface area contributed by atoms with Crippen molar-refractivity contribution in [1.82, 2.24) is 15.5 Å². The molecule has 0 aliphatic carbocycles. The van der Waals surface area contributed by atoms with Crippen LogP contribution in [-0.4, -0.2) is 42.3 Å². The summed E-state index contributed by atoms with van der Waals surface area (Å²) >= 11 is 1.25. The van der Waals surface area contributed by atoms with Crippen LogP contribution in [0.2, 0.25) is 0 Å². The van der Waals surface area contributed by atoms with Crippen molar-refractivity contribution in [3.63, 3.8) is 0 Å². The monoisotopic (exact) mass is 362 g/mol. The van der Waals surface area contributed by atoms with Crippen molar-refractivity contribution in [2.24, 2.45) is 0 Å². The van der Waals surface area contributed by atoms with Crippen molar-refractivity contribution in [1.29, 1.82) is 0 Å². The SMILES string of the molecule is COCCNC(=O)CCCc1nnc(C(=O)Nc2ccc(C)cc2)s1. The summed E-state index contributed by atoms with van der Waals surface area (Å²) < 4.78 is 4.87. The molecule has 0 spiro atoms. The van der Waals surface area contributed by atoms with E-state index in [2.05, 4.69) is 20.8 Å². The highest BCUT2D eigenvalue weighted by Crippen LogP contribution is 2.15. The third-order valence-electron chi connectivity index (χ3n) is 3.39. The summed E-state index contributed by atoms with van der Waals surface area (Å²) in [4.78, 5) is 23.7. The van der Waals surface area contributed by atoms with Crippen molar-refractivity contribution >= 4 is 28.8 Å². The normalized spacial score (nSPS) is 10.5. The Hall–Kier alpha value is -2.32. The maximum atomic E-state index is 12.2. The average Bonchev–Trinajstić information content (AvgIpc) is 3.06. The molecule has 2 aromatic rings. The van der Waals surface area contributed by atoms with E-state index in [1.54, 1.807) is 7.11 Å². The van der Waals surface area contributed by atoms with Crippen LogP contribution >= 0.6 is 11.3 Å². The topological polar surface area (TPSA) is 93.2 Å². The third kappa shape index (κ3) is 6.60. The van der Waals surface area contributed by atoms with Gasteiger partial charge in [-0.1, -0.05) is 29.0 Å². The van der Waals surface area contributed by atoms with Crippen LogP contribution in [0.25, 0.3) is 0 Å². The molecule has 134 valence electrons. The number of ether oxygens (including phenoxy) is 1. The molecular formula is C17H22N4O3S. The van der Waals surface area contributed by atoms with Crippen LogP contribution < -0.4 is 10.6 Å². The number of rotatable bonds is 9. The molecule has 0 bridgehead atoms. The molecule has 0 fully saturated rings. The van der Waals surface area contributed by atoms with E-state index in [4.69, 9.17) is 4.74 Å². The number of hydrogen-bond donors (Lipinski definition) is 2. The fraction of sp³-hybridized carbons (Fsp3) is 0.412. The van der Waals surface area contributed by atoms with Crippen LogP contribution in [0, 0.1) is 6.92 Å². The van der Waals surface area contributed by atoms with Crippen LogP contribution in [0.3, 0.4) is 0 Å². The molecule has 2 N–H and O–H groups in total. The standard InChI is InChI=1S/C17H22N4O3S/c1-12-6-8-13(9-7-12)19-16(23)17-21-20-15(25-17)5-3-4-14(22)18-10-11-24-2/h6-9H,3-5,10-11H2,1-2H3,(H,18,22)(H,19,23). The lowest BCUT2D eigenvalue weighted by atomic mass is 10.2. The Labute approximate surface area is 150 Å². The minimum atomic E-state index is -0.273. The average molecular weight is 362 g/mol. The number of methoxy groups -OCH3 is 1. The van der Waals surface area contributed by atoms with Gasteiger partial charge < -0.3 is 15.4 Å². The number of carbonyl (C=O) groups is 2. The first-order valence-electron chi connectivity index (χ1n) is 8.04. The lowest BCUT2D eigenvalue weighted by molar-refractivity contribution is -0.121. The lowest BCUT2D eigenvalue weighted by Gasteiger charge is -2.03. The zero-order valence-electron chi connectivity index (χ0n) is 14.4. The molecule has 0 saturated carbocycles. The number of hydrogen-bond acceptors (Lipinski definition) is 6. The second kappa shape index (κ2) is 9.85. The highest BCUT2D eigenvalue weighted by molar-refractivity contribution is 7.13. The highest BCUT2D eigenvalue weighted by Gasteiger charge is 2.13. The molecule has 7 nitrogen and oxygen atoms in total. The molecule has 2 rings (SSSR count). The third-order valence-corrected chi connectivity index (χ3v) is 4.38. The van der Waals surface area contributed by atoms with Gasteiger partial charge in [0.1, 0.15) is 5.01 Å². The Morgan fingerprint density at radius 1 is 1.20 bits per heavy atom. The summed E-state index contributed by atoms with van der Waals surface area (Å²) in [6.07, 6.45) is 1.69. The van der Waals surface area contributed by atoms with Gasteiger partial charge in [0.05, 0.1) is 6.61 Å². The van der Waals surface area contributed by atoms with Crippen molar-refractivity contribution in [2.45, 2.75) is 26.2 Å². The number of aromatic nitrogens is 2. The van der Waals surface area contributed by atoms with Crippen LogP contribution in [-0.2, 0) is 16.0 Å². The number of aryl methyl sites for hydroxylation is 2. The van der Waals surface area contributed by atoms with Gasteiger partial charge in [-0.05, 0) is 25.5 Å². The summed E-state index contributed by atoms with van der Waals surface area (Å²) in [6, 6.07) is 7.55. The molecule has 0 radical (unpaired) electrons. The number of anilines is 1. The molecule has 0 unspecified atom stereocenters. The molecule has 1 aromatic heterocycles. The summed E-state index contributed by atoms with van der Waals surface area (Å²) in [5.74, 6) is -0.288. The van der Waals surface area contributed by atoms with Gasteiger partial charge in [0.25, 0.3) is 5.91 Å². The van der Waals surface area contributed by atoms with E-state index < -0.39 is 0 Å². The summed E-state index contributed by atoms with van der Waals surface area (Å²) in [5.41, 5.74) is 1.85. The number of carbonyl (C=O) groups excluding carboxylic acids is 2. The second-order valence-electron chi connectivity index (χ2n) is 5.52. The van der Waals surface area contributed by atoms with Crippen molar-refractivity contribution in [3.05, 3.63) is 39.8 Å². The maximum absolute atomic E-state index is 12.2. The molecule has 0 aliphatic rings. The molecule has 1 aromatic carbocycles. The van der Waals surface area contributed by atoms with Gasteiger partial charge >= 0.3 is 0 Å². The maximum Gasteiger partial charge on any atom is 0.286 e. The van der Waals surface area contributed by atoms with E-state index in [0.29, 0.717) is 37.4 Å². The second-order valence-corrected chi connectivity index (χ2v) is 6.58. The van der Waals surface area contributed by atoms with Gasteiger partial charge in [-0.2, -0.15) is 0 Å². The molecule has 8 heteroatoms. The van der Waals surface area contributed by atoms with Gasteiger partial charge in [-0.25, -0.2) is 0 Å². The van der Waals surface area contributed by atoms with Crippen molar-refractivity contribution in [2.75, 3.05) is 25.6 Å². The van der Waals surface area contributed by atoms with Crippen molar-refractivity contribution < 1.29 is 14.3 Å². The van der Waals surface area contributed by atoms with Crippen LogP contribution in [0.1, 0.15) is 33.2 Å². The van der Waals surface area contributed by atoms with Crippen molar-refractivity contribution in [3.8, 4) is 0 Å². The largest absolute Gasteiger partial charge is 0.383 e. The quantitative estimate of drug-likeness (QED) is 0.667. The fourth-order valence-corrected chi connectivity index (χ4v) is 2.83. The first-order chi connectivity index (χ1) is 12.1. The Kier molecular flexibility index (Phi) is 7.49. The molecule has 1 heterocycles. The summed E-state index contributed by atoms with van der Waals surface area (Å²) in [6.45, 7) is 3.00. The molecule has 0 aliphatic heterocycles. The van der Waals surface area contributed by atoms with E-state index in [1.807, 2.05) is 31.2 Å². The number of nitrogens with zero attached hydrogens (tertiary/aromatic N) is 2. The van der Waals surface area contributed by atoms with Gasteiger partial charge in [0.15, 0.2) is 0 Å². The smallest absolute Gasteiger partial charge is 0.286 e. The molecule has 0 saturated heterocycles.